The number of rotatable bonds is 2. The van der Waals surface area contributed by atoms with Crippen LogP contribution in [0.25, 0.3) is 0 Å². The van der Waals surface area contributed by atoms with Crippen molar-refractivity contribution in [3.63, 3.8) is 0 Å². The number of pyridine rings is 1. The van der Waals surface area contributed by atoms with Gasteiger partial charge in [0.15, 0.2) is 10.9 Å². The fraction of sp³-hybridized carbons (Fsp3) is 0.286. The van der Waals surface area contributed by atoms with Crippen molar-refractivity contribution in [1.82, 2.24) is 4.98 Å². The number of halogens is 3. The van der Waals surface area contributed by atoms with E-state index in [2.05, 4.69) is 4.98 Å². The van der Waals surface area contributed by atoms with Crippen LogP contribution in [-0.4, -0.2) is 12.1 Å². The quantitative estimate of drug-likeness (QED) is 0.759. The summed E-state index contributed by atoms with van der Waals surface area (Å²) >= 11 is 5.53. The van der Waals surface area contributed by atoms with Gasteiger partial charge in [0.1, 0.15) is 5.69 Å². The molecule has 0 aliphatic heterocycles. The Morgan fingerprint density at radius 1 is 1.62 bits per heavy atom. The summed E-state index contributed by atoms with van der Waals surface area (Å²) in [6, 6.07) is 1.04. The van der Waals surface area contributed by atoms with Crippen LogP contribution in [0, 0.1) is 0 Å². The highest BCUT2D eigenvalue weighted by Crippen LogP contribution is 2.32. The first-order valence-electron chi connectivity index (χ1n) is 3.34. The maximum atomic E-state index is 12.1. The monoisotopic (exact) mass is 208 g/mol. The van der Waals surface area contributed by atoms with Gasteiger partial charge >= 0.3 is 0 Å². The summed E-state index contributed by atoms with van der Waals surface area (Å²) in [4.78, 5) is 3.41. The molecule has 1 rings (SSSR count). The van der Waals surface area contributed by atoms with E-state index in [1.165, 1.54) is 7.11 Å². The molecule has 0 unspecified atom stereocenters. The minimum Gasteiger partial charge on any atom is -0.491 e. The van der Waals surface area contributed by atoms with Crippen LogP contribution in [0.15, 0.2) is 6.07 Å². The van der Waals surface area contributed by atoms with Crippen molar-refractivity contribution in [2.75, 3.05) is 12.8 Å². The van der Waals surface area contributed by atoms with Crippen molar-refractivity contribution in [2.24, 2.45) is 0 Å². The number of hydrogen-bond acceptors (Lipinski definition) is 3. The highest BCUT2D eigenvalue weighted by atomic mass is 35.5. The first-order chi connectivity index (χ1) is 6.06. The summed E-state index contributed by atoms with van der Waals surface area (Å²) < 4.78 is 29.0. The fourth-order valence-corrected chi connectivity index (χ4v) is 1.14. The first-order valence-corrected chi connectivity index (χ1v) is 3.72. The van der Waals surface area contributed by atoms with Crippen molar-refractivity contribution in [1.29, 1.82) is 0 Å². The number of ether oxygens (including phenoxy) is 1. The molecular formula is C7H7ClF2N2O. The summed E-state index contributed by atoms with van der Waals surface area (Å²) in [6.45, 7) is 0. The third-order valence-corrected chi connectivity index (χ3v) is 1.66. The zero-order valence-electron chi connectivity index (χ0n) is 6.72. The van der Waals surface area contributed by atoms with Gasteiger partial charge in [0.05, 0.1) is 12.8 Å². The molecule has 0 spiro atoms. The molecule has 0 radical (unpaired) electrons. The lowest BCUT2D eigenvalue weighted by Gasteiger charge is -2.07. The maximum absolute atomic E-state index is 12.1. The van der Waals surface area contributed by atoms with Gasteiger partial charge in [0, 0.05) is 0 Å². The minimum absolute atomic E-state index is 0.0535. The summed E-state index contributed by atoms with van der Waals surface area (Å²) in [5, 5.41) is -0.155. The van der Waals surface area contributed by atoms with E-state index in [-0.39, 0.29) is 16.6 Å². The zero-order valence-corrected chi connectivity index (χ0v) is 7.48. The molecule has 2 N–H and O–H groups in total. The molecule has 0 fully saturated rings. The van der Waals surface area contributed by atoms with E-state index >= 15 is 0 Å². The van der Waals surface area contributed by atoms with Crippen LogP contribution in [0.5, 0.6) is 5.75 Å². The van der Waals surface area contributed by atoms with E-state index in [1.54, 1.807) is 0 Å². The third-order valence-electron chi connectivity index (χ3n) is 1.41. The Balaban J connectivity index is 3.20. The smallest absolute Gasteiger partial charge is 0.280 e. The second kappa shape index (κ2) is 3.74. The van der Waals surface area contributed by atoms with Gasteiger partial charge in [-0.25, -0.2) is 13.8 Å². The average Bonchev–Trinajstić information content (AvgIpc) is 2.03. The van der Waals surface area contributed by atoms with Gasteiger partial charge in [-0.3, -0.25) is 0 Å². The maximum Gasteiger partial charge on any atom is 0.280 e. The van der Waals surface area contributed by atoms with E-state index < -0.39 is 12.1 Å². The molecule has 0 atom stereocenters. The van der Waals surface area contributed by atoms with Crippen LogP contribution in [0.3, 0.4) is 0 Å². The van der Waals surface area contributed by atoms with Gasteiger partial charge in [0.25, 0.3) is 6.43 Å². The van der Waals surface area contributed by atoms with Gasteiger partial charge in [-0.15, -0.1) is 0 Å². The van der Waals surface area contributed by atoms with E-state index in [9.17, 15) is 8.78 Å². The molecule has 0 aromatic carbocycles. The van der Waals surface area contributed by atoms with Gasteiger partial charge in [-0.2, -0.15) is 0 Å². The van der Waals surface area contributed by atoms with E-state index in [0.29, 0.717) is 0 Å². The number of nitrogens with two attached hydrogens (primary N) is 1. The third kappa shape index (κ3) is 1.98. The lowest BCUT2D eigenvalue weighted by atomic mass is 10.3. The normalized spacial score (nSPS) is 10.5. The van der Waals surface area contributed by atoms with Crippen LogP contribution >= 0.6 is 11.6 Å². The van der Waals surface area contributed by atoms with E-state index in [1.807, 2.05) is 0 Å². The molecule has 0 saturated carbocycles. The van der Waals surface area contributed by atoms with Crippen molar-refractivity contribution >= 4 is 17.3 Å². The molecule has 1 aromatic heterocycles. The molecule has 3 nitrogen and oxygen atoms in total. The van der Waals surface area contributed by atoms with Crippen LogP contribution in [0.1, 0.15) is 12.1 Å². The lowest BCUT2D eigenvalue weighted by Crippen LogP contribution is -1.99. The SMILES string of the molecule is COc1c(N)cc(C(F)F)nc1Cl. The lowest BCUT2D eigenvalue weighted by molar-refractivity contribution is 0.146. The number of alkyl halides is 2. The Morgan fingerprint density at radius 2 is 2.23 bits per heavy atom. The standard InChI is InChI=1S/C7H7ClF2N2O/c1-13-5-3(11)2-4(7(9)10)12-6(5)8/h2,7H,1H3,(H2,11,12). The molecule has 0 saturated heterocycles. The van der Waals surface area contributed by atoms with Gasteiger partial charge in [-0.1, -0.05) is 11.6 Å². The highest BCUT2D eigenvalue weighted by molar-refractivity contribution is 6.31. The van der Waals surface area contributed by atoms with Gasteiger partial charge < -0.3 is 10.5 Å². The van der Waals surface area contributed by atoms with Crippen LogP contribution in [0.2, 0.25) is 5.15 Å². The van der Waals surface area contributed by atoms with Gasteiger partial charge in [0.2, 0.25) is 0 Å². The number of nitrogens with zero attached hydrogens (tertiary/aromatic N) is 1. The molecule has 0 aliphatic carbocycles. The Morgan fingerprint density at radius 3 is 2.62 bits per heavy atom. The number of aromatic nitrogens is 1. The number of methoxy groups -OCH3 is 1. The summed E-state index contributed by atoms with van der Waals surface area (Å²) in [5.41, 5.74) is 4.99. The average molecular weight is 209 g/mol. The Kier molecular flexibility index (Phi) is 2.87. The van der Waals surface area contributed by atoms with E-state index in [0.717, 1.165) is 6.07 Å². The van der Waals surface area contributed by atoms with Gasteiger partial charge in [-0.05, 0) is 6.07 Å². The van der Waals surface area contributed by atoms with E-state index in [4.69, 9.17) is 22.1 Å². The first kappa shape index (κ1) is 9.98. The molecule has 0 bridgehead atoms. The van der Waals surface area contributed by atoms with Crippen LogP contribution in [0.4, 0.5) is 14.5 Å². The molecule has 0 amide bonds. The number of nitrogen functional groups attached to an aromatic ring is 1. The molecule has 72 valence electrons. The molecular weight excluding hydrogens is 202 g/mol. The van der Waals surface area contributed by atoms with Crippen molar-refractivity contribution in [2.45, 2.75) is 6.43 Å². The van der Waals surface area contributed by atoms with Crippen molar-refractivity contribution in [3.8, 4) is 5.75 Å². The largest absolute Gasteiger partial charge is 0.491 e. The Labute approximate surface area is 78.5 Å². The summed E-state index contributed by atoms with van der Waals surface area (Å²) in [6.07, 6.45) is -2.69. The Hall–Kier alpha value is -1.10. The second-order valence-electron chi connectivity index (χ2n) is 2.26. The Bertz CT molecular complexity index is 296. The predicted molar refractivity (Wildman–Crippen MR) is 45.2 cm³/mol. The predicted octanol–water partition coefficient (Wildman–Crippen LogP) is 2.26. The number of hydrogen-bond donors (Lipinski definition) is 1. The van der Waals surface area contributed by atoms with Crippen LogP contribution in [-0.2, 0) is 0 Å². The zero-order chi connectivity index (χ0) is 10.0. The minimum atomic E-state index is -2.69. The summed E-state index contributed by atoms with van der Waals surface area (Å²) in [7, 11) is 1.33. The molecule has 13 heavy (non-hydrogen) atoms. The van der Waals surface area contributed by atoms with Crippen molar-refractivity contribution < 1.29 is 13.5 Å². The topological polar surface area (TPSA) is 48.1 Å². The molecule has 1 aromatic rings. The number of anilines is 1. The second-order valence-corrected chi connectivity index (χ2v) is 2.62. The van der Waals surface area contributed by atoms with Crippen molar-refractivity contribution in [3.05, 3.63) is 16.9 Å². The summed E-state index contributed by atoms with van der Waals surface area (Å²) in [5.74, 6) is 0.117. The fourth-order valence-electron chi connectivity index (χ4n) is 0.854. The molecule has 6 heteroatoms. The molecule has 1 heterocycles. The highest BCUT2D eigenvalue weighted by Gasteiger charge is 2.15. The molecule has 0 aliphatic rings. The van der Waals surface area contributed by atoms with Crippen LogP contribution < -0.4 is 10.5 Å².